The number of anilines is 1. The van der Waals surface area contributed by atoms with E-state index in [0.717, 1.165) is 26.9 Å². The van der Waals surface area contributed by atoms with Crippen molar-refractivity contribution in [3.8, 4) is 0 Å². The first-order chi connectivity index (χ1) is 14.8. The van der Waals surface area contributed by atoms with Gasteiger partial charge in [-0.3, -0.25) is 19.1 Å². The van der Waals surface area contributed by atoms with Crippen molar-refractivity contribution in [3.05, 3.63) is 87.1 Å². The molecule has 2 aromatic heterocycles. The molecule has 31 heavy (non-hydrogen) atoms. The van der Waals surface area contributed by atoms with Crippen molar-refractivity contribution in [1.82, 2.24) is 14.5 Å². The smallest absolute Gasteiger partial charge is 0.256 e. The van der Waals surface area contributed by atoms with Crippen LogP contribution >= 0.6 is 11.3 Å². The van der Waals surface area contributed by atoms with E-state index in [2.05, 4.69) is 11.1 Å². The molecule has 0 spiro atoms. The van der Waals surface area contributed by atoms with Crippen molar-refractivity contribution in [2.75, 3.05) is 4.90 Å². The highest BCUT2D eigenvalue weighted by Gasteiger charge is 2.22. The molecule has 0 N–H and O–H groups in total. The molecule has 0 unspecified atom stereocenters. The molecule has 0 saturated heterocycles. The molecule has 6 nitrogen and oxygen atoms in total. The molecule has 0 aliphatic carbocycles. The molecule has 0 aliphatic rings. The van der Waals surface area contributed by atoms with Gasteiger partial charge in [0.05, 0.1) is 23.1 Å². The number of carbonyl (C=O) groups is 1. The Morgan fingerprint density at radius 3 is 2.45 bits per heavy atom. The van der Waals surface area contributed by atoms with Crippen LogP contribution in [0.1, 0.15) is 27.9 Å². The number of rotatable bonds is 5. The lowest BCUT2D eigenvalue weighted by atomic mass is 10.1. The molecular formula is C24H24N4O2S. The van der Waals surface area contributed by atoms with Crippen LogP contribution in [-0.2, 0) is 17.9 Å². The molecule has 0 saturated carbocycles. The van der Waals surface area contributed by atoms with E-state index in [1.807, 2.05) is 50.2 Å². The fourth-order valence-corrected chi connectivity index (χ4v) is 4.54. The van der Waals surface area contributed by atoms with Crippen LogP contribution in [0.3, 0.4) is 0 Å². The van der Waals surface area contributed by atoms with Crippen LogP contribution < -0.4 is 10.5 Å². The minimum absolute atomic E-state index is 0.0896. The standard InChI is InChI=1S/C24H24N4O2S/c1-15-10-11-16(2)22-21(15)26-24(31-22)28(12-19-8-6-5-7-9-19)20(29)13-27-14-25-18(4)17(3)23(27)30/h5-11,14H,12-13H2,1-4H3. The van der Waals surface area contributed by atoms with Crippen LogP contribution in [0.25, 0.3) is 10.2 Å². The third-order valence-electron chi connectivity index (χ3n) is 5.47. The van der Waals surface area contributed by atoms with E-state index in [4.69, 9.17) is 4.98 Å². The van der Waals surface area contributed by atoms with Crippen LogP contribution in [0.15, 0.2) is 53.6 Å². The maximum Gasteiger partial charge on any atom is 0.256 e. The fourth-order valence-electron chi connectivity index (χ4n) is 3.41. The minimum Gasteiger partial charge on any atom is -0.289 e. The molecule has 0 atom stereocenters. The summed E-state index contributed by atoms with van der Waals surface area (Å²) >= 11 is 1.51. The summed E-state index contributed by atoms with van der Waals surface area (Å²) in [5.41, 5.74) is 5.14. The number of thiazole rings is 1. The monoisotopic (exact) mass is 432 g/mol. The Morgan fingerprint density at radius 1 is 1.03 bits per heavy atom. The molecule has 158 valence electrons. The van der Waals surface area contributed by atoms with E-state index in [0.29, 0.717) is 22.9 Å². The van der Waals surface area contributed by atoms with Gasteiger partial charge in [-0.05, 0) is 44.4 Å². The summed E-state index contributed by atoms with van der Waals surface area (Å²) in [6, 6.07) is 13.9. The van der Waals surface area contributed by atoms with Gasteiger partial charge in [-0.2, -0.15) is 0 Å². The number of carbonyl (C=O) groups excluding carboxylic acids is 1. The van der Waals surface area contributed by atoms with Crippen molar-refractivity contribution in [2.45, 2.75) is 40.8 Å². The third kappa shape index (κ3) is 4.14. The quantitative estimate of drug-likeness (QED) is 0.471. The highest BCUT2D eigenvalue weighted by atomic mass is 32.1. The van der Waals surface area contributed by atoms with Crippen molar-refractivity contribution in [3.63, 3.8) is 0 Å². The van der Waals surface area contributed by atoms with Gasteiger partial charge in [-0.1, -0.05) is 53.8 Å². The summed E-state index contributed by atoms with van der Waals surface area (Å²) < 4.78 is 2.44. The molecule has 2 aromatic carbocycles. The van der Waals surface area contributed by atoms with Crippen molar-refractivity contribution in [1.29, 1.82) is 0 Å². The second kappa shape index (κ2) is 8.43. The average molecular weight is 433 g/mol. The van der Waals surface area contributed by atoms with Crippen molar-refractivity contribution in [2.24, 2.45) is 0 Å². The van der Waals surface area contributed by atoms with E-state index in [1.54, 1.807) is 18.7 Å². The zero-order valence-corrected chi connectivity index (χ0v) is 18.9. The zero-order chi connectivity index (χ0) is 22.1. The van der Waals surface area contributed by atoms with E-state index in [9.17, 15) is 9.59 Å². The summed E-state index contributed by atoms with van der Waals surface area (Å²) in [4.78, 5) is 36.7. The second-order valence-electron chi connectivity index (χ2n) is 7.73. The van der Waals surface area contributed by atoms with Gasteiger partial charge in [-0.15, -0.1) is 0 Å². The number of hydrogen-bond acceptors (Lipinski definition) is 5. The molecule has 4 rings (SSSR count). The lowest BCUT2D eigenvalue weighted by Crippen LogP contribution is -2.37. The summed E-state index contributed by atoms with van der Waals surface area (Å²) in [6.07, 6.45) is 1.44. The number of aromatic nitrogens is 3. The average Bonchev–Trinajstić information content (AvgIpc) is 3.22. The van der Waals surface area contributed by atoms with Crippen LogP contribution in [0.2, 0.25) is 0 Å². The normalized spacial score (nSPS) is 11.1. The molecule has 4 aromatic rings. The number of fused-ring (bicyclic) bond motifs is 1. The fraction of sp³-hybridized carbons (Fsp3) is 0.250. The van der Waals surface area contributed by atoms with Gasteiger partial charge in [0.1, 0.15) is 6.54 Å². The number of hydrogen-bond donors (Lipinski definition) is 0. The first-order valence-corrected chi connectivity index (χ1v) is 10.9. The molecule has 2 heterocycles. The van der Waals surface area contributed by atoms with Crippen molar-refractivity contribution >= 4 is 32.6 Å². The maximum absolute atomic E-state index is 13.4. The molecule has 0 radical (unpaired) electrons. The van der Waals surface area contributed by atoms with Crippen LogP contribution in [0, 0.1) is 27.7 Å². The first-order valence-electron chi connectivity index (χ1n) is 10.1. The first kappa shape index (κ1) is 20.9. The summed E-state index contributed by atoms with van der Waals surface area (Å²) in [6.45, 7) is 7.88. The Kier molecular flexibility index (Phi) is 5.69. The number of benzene rings is 2. The topological polar surface area (TPSA) is 68.1 Å². The van der Waals surface area contributed by atoms with Gasteiger partial charge in [0.25, 0.3) is 5.56 Å². The Hall–Kier alpha value is -3.32. The summed E-state index contributed by atoms with van der Waals surface area (Å²) in [7, 11) is 0. The molecule has 1 amide bonds. The molecule has 0 fully saturated rings. The largest absolute Gasteiger partial charge is 0.289 e. The predicted octanol–water partition coefficient (Wildman–Crippen LogP) is 4.32. The number of amides is 1. The molecular weight excluding hydrogens is 408 g/mol. The molecule has 0 aliphatic heterocycles. The highest BCUT2D eigenvalue weighted by Crippen LogP contribution is 2.33. The van der Waals surface area contributed by atoms with Crippen LogP contribution in [0.4, 0.5) is 5.13 Å². The summed E-state index contributed by atoms with van der Waals surface area (Å²) in [5, 5.41) is 0.631. The van der Waals surface area contributed by atoms with E-state index in [1.165, 1.54) is 22.2 Å². The minimum atomic E-state index is -0.203. The Labute approximate surface area is 184 Å². The Balaban J connectivity index is 1.75. The van der Waals surface area contributed by atoms with E-state index >= 15 is 0 Å². The Morgan fingerprint density at radius 2 is 1.74 bits per heavy atom. The van der Waals surface area contributed by atoms with Gasteiger partial charge in [0.2, 0.25) is 5.91 Å². The van der Waals surface area contributed by atoms with Crippen LogP contribution in [-0.4, -0.2) is 20.4 Å². The number of nitrogens with zero attached hydrogens (tertiary/aromatic N) is 4. The zero-order valence-electron chi connectivity index (χ0n) is 18.0. The van der Waals surface area contributed by atoms with Gasteiger partial charge >= 0.3 is 0 Å². The van der Waals surface area contributed by atoms with E-state index in [-0.39, 0.29) is 18.0 Å². The van der Waals surface area contributed by atoms with Gasteiger partial charge in [0, 0.05) is 11.3 Å². The van der Waals surface area contributed by atoms with Crippen molar-refractivity contribution < 1.29 is 4.79 Å². The second-order valence-corrected chi connectivity index (χ2v) is 8.70. The lowest BCUT2D eigenvalue weighted by Gasteiger charge is -2.20. The third-order valence-corrected chi connectivity index (χ3v) is 6.68. The van der Waals surface area contributed by atoms with Crippen LogP contribution in [0.5, 0.6) is 0 Å². The Bertz CT molecular complexity index is 1290. The molecule has 7 heteroatoms. The summed E-state index contributed by atoms with van der Waals surface area (Å²) in [5.74, 6) is -0.203. The lowest BCUT2D eigenvalue weighted by molar-refractivity contribution is -0.119. The van der Waals surface area contributed by atoms with Gasteiger partial charge in [-0.25, -0.2) is 9.97 Å². The SMILES string of the molecule is Cc1ncn(CC(=O)N(Cc2ccccc2)c2nc3c(C)ccc(C)c3s2)c(=O)c1C. The van der Waals surface area contributed by atoms with E-state index < -0.39 is 0 Å². The predicted molar refractivity (Wildman–Crippen MR) is 125 cm³/mol. The van der Waals surface area contributed by atoms with Gasteiger partial charge in [0.15, 0.2) is 5.13 Å². The molecule has 0 bridgehead atoms. The van der Waals surface area contributed by atoms with Gasteiger partial charge < -0.3 is 0 Å². The maximum atomic E-state index is 13.4. The number of aryl methyl sites for hydroxylation is 3. The highest BCUT2D eigenvalue weighted by molar-refractivity contribution is 7.22.